The van der Waals surface area contributed by atoms with Crippen LogP contribution < -0.4 is 5.32 Å². The van der Waals surface area contributed by atoms with Gasteiger partial charge in [-0.1, -0.05) is 19.0 Å². The van der Waals surface area contributed by atoms with Gasteiger partial charge < -0.3 is 14.8 Å². The van der Waals surface area contributed by atoms with Gasteiger partial charge in [-0.2, -0.15) is 0 Å². The first kappa shape index (κ1) is 20.0. The summed E-state index contributed by atoms with van der Waals surface area (Å²) >= 11 is 0. The zero-order chi connectivity index (χ0) is 18.1. The van der Waals surface area contributed by atoms with Gasteiger partial charge in [-0.3, -0.25) is 4.79 Å². The van der Waals surface area contributed by atoms with Gasteiger partial charge in [0.15, 0.2) is 0 Å². The lowest BCUT2D eigenvalue weighted by molar-refractivity contribution is -0.139. The minimum Gasteiger partial charge on any atom is -0.463 e. The Labute approximate surface area is 142 Å². The molecule has 1 rings (SSSR count). The van der Waals surface area contributed by atoms with Crippen molar-refractivity contribution >= 4 is 11.9 Å². The lowest BCUT2D eigenvalue weighted by atomic mass is 9.88. The third-order valence-corrected chi connectivity index (χ3v) is 3.93. The zero-order valence-corrected chi connectivity index (χ0v) is 14.7. The maximum Gasteiger partial charge on any atom is 0.333 e. The van der Waals surface area contributed by atoms with Crippen LogP contribution in [0.1, 0.15) is 47.0 Å². The number of azide groups is 1. The maximum atomic E-state index is 12.1. The predicted octanol–water partition coefficient (Wildman–Crippen LogP) is 2.64. The summed E-state index contributed by atoms with van der Waals surface area (Å²) in [4.78, 5) is 26.5. The summed E-state index contributed by atoms with van der Waals surface area (Å²) in [6, 6.07) is -1.13. The Hall–Kier alpha value is -2.05. The topological polar surface area (TPSA) is 113 Å². The molecule has 0 aliphatic heterocycles. The number of amides is 1. The normalized spacial score (nSPS) is 23.2. The molecule has 8 nitrogen and oxygen atoms in total. The molecular weight excluding hydrogens is 312 g/mol. The van der Waals surface area contributed by atoms with Crippen molar-refractivity contribution in [3.63, 3.8) is 0 Å². The van der Waals surface area contributed by atoms with Crippen LogP contribution in [0.5, 0.6) is 0 Å². The molecule has 0 bridgehead atoms. The van der Waals surface area contributed by atoms with Crippen LogP contribution >= 0.6 is 0 Å². The molecule has 24 heavy (non-hydrogen) atoms. The molecule has 0 aromatic heterocycles. The van der Waals surface area contributed by atoms with Gasteiger partial charge >= 0.3 is 5.97 Å². The molecule has 0 unspecified atom stereocenters. The summed E-state index contributed by atoms with van der Waals surface area (Å²) in [6.07, 6.45) is 2.92. The molecule has 1 aliphatic carbocycles. The molecule has 0 aromatic rings. The van der Waals surface area contributed by atoms with Crippen molar-refractivity contribution in [2.24, 2.45) is 5.11 Å². The van der Waals surface area contributed by atoms with Gasteiger partial charge in [0.1, 0.15) is 0 Å². The van der Waals surface area contributed by atoms with Crippen LogP contribution in [-0.2, 0) is 19.1 Å². The van der Waals surface area contributed by atoms with Crippen LogP contribution in [0.25, 0.3) is 10.4 Å². The number of ether oxygens (including phenoxy) is 2. The minimum atomic E-state index is -0.609. The molecule has 0 fully saturated rings. The lowest BCUT2D eigenvalue weighted by Gasteiger charge is -2.36. The van der Waals surface area contributed by atoms with E-state index in [2.05, 4.69) is 15.3 Å². The van der Waals surface area contributed by atoms with Crippen LogP contribution in [0.4, 0.5) is 0 Å². The largest absolute Gasteiger partial charge is 0.463 e. The lowest BCUT2D eigenvalue weighted by Crippen LogP contribution is -2.53. The smallest absolute Gasteiger partial charge is 0.333 e. The van der Waals surface area contributed by atoms with E-state index in [0.717, 1.165) is 12.8 Å². The van der Waals surface area contributed by atoms with Crippen molar-refractivity contribution in [3.8, 4) is 0 Å². The molecule has 0 saturated heterocycles. The number of esters is 1. The third-order valence-electron chi connectivity index (χ3n) is 3.93. The van der Waals surface area contributed by atoms with Gasteiger partial charge in [-0.15, -0.1) is 0 Å². The van der Waals surface area contributed by atoms with Crippen LogP contribution in [0.15, 0.2) is 16.8 Å². The van der Waals surface area contributed by atoms with Gasteiger partial charge in [-0.05, 0) is 37.8 Å². The monoisotopic (exact) mass is 338 g/mol. The molecular formula is C16H26N4O4. The Bertz CT molecular complexity index is 524. The van der Waals surface area contributed by atoms with Gasteiger partial charge in [0.2, 0.25) is 5.91 Å². The Balaban J connectivity index is 3.17. The van der Waals surface area contributed by atoms with Crippen LogP contribution in [0.3, 0.4) is 0 Å². The highest BCUT2D eigenvalue weighted by Crippen LogP contribution is 2.27. The molecule has 1 aliphatic rings. The van der Waals surface area contributed by atoms with E-state index in [1.165, 1.54) is 6.92 Å². The molecule has 0 aromatic carbocycles. The number of rotatable bonds is 8. The summed E-state index contributed by atoms with van der Waals surface area (Å²) in [7, 11) is 0. The quantitative estimate of drug-likeness (QED) is 0.317. The van der Waals surface area contributed by atoms with E-state index in [1.807, 2.05) is 13.8 Å². The molecule has 0 heterocycles. The first-order chi connectivity index (χ1) is 11.5. The van der Waals surface area contributed by atoms with E-state index in [0.29, 0.717) is 5.57 Å². The summed E-state index contributed by atoms with van der Waals surface area (Å²) in [5.74, 6) is -0.695. The number of hydrogen-bond donors (Lipinski definition) is 1. The first-order valence-corrected chi connectivity index (χ1v) is 8.31. The summed E-state index contributed by atoms with van der Waals surface area (Å²) in [5.41, 5.74) is 9.24. The average molecular weight is 338 g/mol. The fraction of sp³-hybridized carbons (Fsp3) is 0.750. The fourth-order valence-corrected chi connectivity index (χ4v) is 2.74. The highest BCUT2D eigenvalue weighted by Gasteiger charge is 2.37. The second kappa shape index (κ2) is 9.95. The second-order valence-corrected chi connectivity index (χ2v) is 5.65. The SMILES string of the molecule is CCOC(=O)C1=C[C@@H](OC(CC)CC)[C@H](NC(C)=O)[C@H](N=[N+]=[N-])C1. The third kappa shape index (κ3) is 5.54. The zero-order valence-electron chi connectivity index (χ0n) is 14.7. The van der Waals surface area contributed by atoms with Gasteiger partial charge in [0.25, 0.3) is 0 Å². The van der Waals surface area contributed by atoms with Crippen molar-refractivity contribution in [2.75, 3.05) is 6.61 Å². The average Bonchev–Trinajstić information content (AvgIpc) is 2.54. The van der Waals surface area contributed by atoms with Crippen molar-refractivity contribution in [3.05, 3.63) is 22.1 Å². The first-order valence-electron chi connectivity index (χ1n) is 8.31. The minimum absolute atomic E-state index is 0.0178. The molecule has 0 spiro atoms. The number of carbonyl (C=O) groups is 2. The van der Waals surface area contributed by atoms with Gasteiger partial charge in [0.05, 0.1) is 30.9 Å². The number of nitrogens with zero attached hydrogens (tertiary/aromatic N) is 3. The van der Waals surface area contributed by atoms with E-state index < -0.39 is 24.2 Å². The number of hydrogen-bond acceptors (Lipinski definition) is 5. The summed E-state index contributed by atoms with van der Waals surface area (Å²) in [5, 5.41) is 6.54. The van der Waals surface area contributed by atoms with E-state index in [4.69, 9.17) is 15.0 Å². The Morgan fingerprint density at radius 3 is 2.58 bits per heavy atom. The van der Waals surface area contributed by atoms with E-state index in [-0.39, 0.29) is 25.0 Å². The predicted molar refractivity (Wildman–Crippen MR) is 89.1 cm³/mol. The number of carbonyl (C=O) groups excluding carboxylic acids is 2. The molecule has 0 saturated carbocycles. The standard InChI is InChI=1S/C16H26N4O4/c1-5-12(6-2)24-14-9-11(16(22)23-7-3)8-13(19-20-17)15(14)18-10(4)21/h9,12-15H,5-8H2,1-4H3,(H,18,21)/t13-,14-,15-/m1/s1. The number of nitrogens with one attached hydrogen (secondary N) is 1. The van der Waals surface area contributed by atoms with Crippen molar-refractivity contribution in [1.29, 1.82) is 0 Å². The second-order valence-electron chi connectivity index (χ2n) is 5.65. The molecule has 0 radical (unpaired) electrons. The molecule has 8 heteroatoms. The highest BCUT2D eigenvalue weighted by atomic mass is 16.5. The van der Waals surface area contributed by atoms with Crippen LogP contribution in [0, 0.1) is 0 Å². The highest BCUT2D eigenvalue weighted by molar-refractivity contribution is 5.89. The summed E-state index contributed by atoms with van der Waals surface area (Å²) in [6.45, 7) is 7.39. The van der Waals surface area contributed by atoms with Gasteiger partial charge in [0, 0.05) is 17.4 Å². The van der Waals surface area contributed by atoms with Gasteiger partial charge in [-0.25, -0.2) is 4.79 Å². The molecule has 3 atom stereocenters. The van der Waals surface area contributed by atoms with Crippen molar-refractivity contribution < 1.29 is 19.1 Å². The van der Waals surface area contributed by atoms with Crippen molar-refractivity contribution in [2.45, 2.75) is 71.2 Å². The van der Waals surface area contributed by atoms with Crippen LogP contribution in [-0.4, -0.2) is 42.8 Å². The van der Waals surface area contributed by atoms with Crippen LogP contribution in [0.2, 0.25) is 0 Å². The van der Waals surface area contributed by atoms with E-state index in [9.17, 15) is 9.59 Å². The molecule has 134 valence electrons. The van der Waals surface area contributed by atoms with Crippen molar-refractivity contribution in [1.82, 2.24) is 5.32 Å². The van der Waals surface area contributed by atoms with E-state index in [1.54, 1.807) is 13.0 Å². The maximum absolute atomic E-state index is 12.1. The Morgan fingerprint density at radius 1 is 1.42 bits per heavy atom. The molecule has 1 N–H and O–H groups in total. The molecule has 1 amide bonds. The Morgan fingerprint density at radius 2 is 2.08 bits per heavy atom. The van der Waals surface area contributed by atoms with E-state index >= 15 is 0 Å². The fourth-order valence-electron chi connectivity index (χ4n) is 2.74. The summed E-state index contributed by atoms with van der Waals surface area (Å²) < 4.78 is 11.1. The Kier molecular flexibility index (Phi) is 8.29.